The fourth-order valence-electron chi connectivity index (χ4n) is 2.00. The molecule has 0 amide bonds. The maximum Gasteiger partial charge on any atom is 0.251 e. The first-order chi connectivity index (χ1) is 8.58. The second-order valence-corrected chi connectivity index (χ2v) is 4.47. The molecule has 0 unspecified atom stereocenters. The van der Waals surface area contributed by atoms with Crippen LogP contribution in [-0.2, 0) is 6.42 Å². The number of hydrogen-bond donors (Lipinski definition) is 1. The minimum atomic E-state index is -0.101. The van der Waals surface area contributed by atoms with Crippen molar-refractivity contribution in [2.24, 2.45) is 0 Å². The number of rotatable bonds is 3. The second kappa shape index (κ2) is 5.12. The maximum absolute atomic E-state index is 11.6. The molecule has 0 bridgehead atoms. The van der Waals surface area contributed by atoms with Gasteiger partial charge < -0.3 is 4.98 Å². The van der Waals surface area contributed by atoms with E-state index in [0.29, 0.717) is 5.82 Å². The summed E-state index contributed by atoms with van der Waals surface area (Å²) in [7, 11) is 0. The first-order valence-corrected chi connectivity index (χ1v) is 6.14. The Kier molecular flexibility index (Phi) is 3.55. The van der Waals surface area contributed by atoms with Crippen LogP contribution < -0.4 is 5.56 Å². The van der Waals surface area contributed by atoms with Gasteiger partial charge in [-0.05, 0) is 32.4 Å². The normalized spacial score (nSPS) is 10.6. The number of nitrogens with zero attached hydrogens (tertiary/aromatic N) is 2. The lowest BCUT2D eigenvalue weighted by Crippen LogP contribution is -2.10. The minimum absolute atomic E-state index is 0.101. The number of hydrogen-bond acceptors (Lipinski definition) is 3. The molecule has 0 aliphatic heterocycles. The molecule has 0 radical (unpaired) electrons. The maximum atomic E-state index is 11.6. The topological polar surface area (TPSA) is 58.6 Å². The fraction of sp³-hybridized carbons (Fsp3) is 0.357. The van der Waals surface area contributed by atoms with Gasteiger partial charge >= 0.3 is 0 Å². The van der Waals surface area contributed by atoms with Crippen molar-refractivity contribution < 1.29 is 0 Å². The number of aromatic nitrogens is 3. The van der Waals surface area contributed by atoms with Crippen molar-refractivity contribution in [3.8, 4) is 11.4 Å². The summed E-state index contributed by atoms with van der Waals surface area (Å²) < 4.78 is 0. The number of nitrogens with one attached hydrogen (secondary N) is 1. The van der Waals surface area contributed by atoms with E-state index in [-0.39, 0.29) is 5.56 Å². The smallest absolute Gasteiger partial charge is 0.251 e. The highest BCUT2D eigenvalue weighted by molar-refractivity contribution is 5.55. The van der Waals surface area contributed by atoms with E-state index >= 15 is 0 Å². The van der Waals surface area contributed by atoms with Gasteiger partial charge in [-0.2, -0.15) is 0 Å². The molecule has 0 aromatic carbocycles. The van der Waals surface area contributed by atoms with Crippen molar-refractivity contribution in [1.29, 1.82) is 0 Å². The lowest BCUT2D eigenvalue weighted by atomic mass is 10.1. The number of aryl methyl sites for hydroxylation is 3. The van der Waals surface area contributed by atoms with Gasteiger partial charge in [0, 0.05) is 28.7 Å². The first-order valence-electron chi connectivity index (χ1n) is 6.14. The Morgan fingerprint density at radius 2 is 1.78 bits per heavy atom. The molecular weight excluding hydrogens is 226 g/mol. The van der Waals surface area contributed by atoms with Crippen LogP contribution in [-0.4, -0.2) is 15.0 Å². The highest BCUT2D eigenvalue weighted by Gasteiger charge is 2.05. The van der Waals surface area contributed by atoms with E-state index in [9.17, 15) is 4.79 Å². The van der Waals surface area contributed by atoms with E-state index in [0.717, 1.165) is 35.5 Å². The van der Waals surface area contributed by atoms with Crippen LogP contribution in [0.5, 0.6) is 0 Å². The third kappa shape index (κ3) is 2.83. The van der Waals surface area contributed by atoms with Crippen molar-refractivity contribution in [2.45, 2.75) is 33.6 Å². The highest BCUT2D eigenvalue weighted by Crippen LogP contribution is 2.16. The Morgan fingerprint density at radius 1 is 1.11 bits per heavy atom. The van der Waals surface area contributed by atoms with Gasteiger partial charge in [0.05, 0.1) is 0 Å². The average Bonchev–Trinajstić information content (AvgIpc) is 2.27. The molecular formula is C14H17N3O. The van der Waals surface area contributed by atoms with Gasteiger partial charge in [-0.1, -0.05) is 13.3 Å². The second-order valence-electron chi connectivity index (χ2n) is 4.47. The molecule has 0 aliphatic carbocycles. The van der Waals surface area contributed by atoms with Gasteiger partial charge in [0.2, 0.25) is 0 Å². The van der Waals surface area contributed by atoms with Crippen molar-refractivity contribution in [2.75, 3.05) is 0 Å². The number of H-pyrrole nitrogens is 1. The van der Waals surface area contributed by atoms with E-state index in [1.165, 1.54) is 0 Å². The van der Waals surface area contributed by atoms with Gasteiger partial charge in [-0.15, -0.1) is 0 Å². The number of pyridine rings is 1. The summed E-state index contributed by atoms with van der Waals surface area (Å²) in [4.78, 5) is 23.2. The molecule has 0 aliphatic rings. The van der Waals surface area contributed by atoms with Crippen molar-refractivity contribution in [1.82, 2.24) is 15.0 Å². The molecule has 0 fully saturated rings. The molecule has 0 saturated carbocycles. The summed E-state index contributed by atoms with van der Waals surface area (Å²) in [6.07, 6.45) is 1.80. The zero-order chi connectivity index (χ0) is 13.1. The standard InChI is InChI=1S/C14H17N3O/c1-4-5-12-8-13(18)17-14(16-12)11-6-9(2)15-10(3)7-11/h6-8H,4-5H2,1-3H3,(H,16,17,18). The molecule has 0 spiro atoms. The summed E-state index contributed by atoms with van der Waals surface area (Å²) in [6, 6.07) is 5.43. The summed E-state index contributed by atoms with van der Waals surface area (Å²) in [5.74, 6) is 0.625. The molecule has 2 aromatic rings. The summed E-state index contributed by atoms with van der Waals surface area (Å²) >= 11 is 0. The molecule has 2 rings (SSSR count). The predicted octanol–water partition coefficient (Wildman–Crippen LogP) is 2.40. The Morgan fingerprint density at radius 3 is 2.39 bits per heavy atom. The summed E-state index contributed by atoms with van der Waals surface area (Å²) in [6.45, 7) is 5.94. The van der Waals surface area contributed by atoms with Crippen LogP contribution >= 0.6 is 0 Å². The Hall–Kier alpha value is -1.97. The molecule has 2 heterocycles. The molecule has 0 saturated heterocycles. The van der Waals surface area contributed by atoms with Gasteiger partial charge in [0.1, 0.15) is 5.82 Å². The van der Waals surface area contributed by atoms with Gasteiger partial charge in [0.25, 0.3) is 5.56 Å². The van der Waals surface area contributed by atoms with E-state index in [4.69, 9.17) is 0 Å². The largest absolute Gasteiger partial charge is 0.307 e. The molecule has 0 atom stereocenters. The summed E-state index contributed by atoms with van der Waals surface area (Å²) in [5, 5.41) is 0. The van der Waals surface area contributed by atoms with Crippen LogP contribution in [0.15, 0.2) is 23.0 Å². The van der Waals surface area contributed by atoms with E-state index in [1.54, 1.807) is 6.07 Å². The lowest BCUT2D eigenvalue weighted by molar-refractivity contribution is 0.869. The average molecular weight is 243 g/mol. The molecule has 4 heteroatoms. The Balaban J connectivity index is 2.52. The molecule has 2 aromatic heterocycles. The zero-order valence-corrected chi connectivity index (χ0v) is 10.9. The predicted molar refractivity (Wildman–Crippen MR) is 71.6 cm³/mol. The highest BCUT2D eigenvalue weighted by atomic mass is 16.1. The third-order valence-electron chi connectivity index (χ3n) is 2.66. The van der Waals surface area contributed by atoms with E-state index in [2.05, 4.69) is 21.9 Å². The Bertz CT molecular complexity index is 596. The Labute approximate surface area is 106 Å². The quantitative estimate of drug-likeness (QED) is 0.900. The summed E-state index contributed by atoms with van der Waals surface area (Å²) in [5.41, 5.74) is 3.50. The lowest BCUT2D eigenvalue weighted by Gasteiger charge is -2.05. The van der Waals surface area contributed by atoms with Gasteiger partial charge in [0.15, 0.2) is 0 Å². The van der Waals surface area contributed by atoms with Crippen LogP contribution in [0.2, 0.25) is 0 Å². The van der Waals surface area contributed by atoms with Crippen LogP contribution in [0, 0.1) is 13.8 Å². The zero-order valence-electron chi connectivity index (χ0n) is 10.9. The molecule has 1 N–H and O–H groups in total. The van der Waals surface area contributed by atoms with E-state index in [1.807, 2.05) is 26.0 Å². The van der Waals surface area contributed by atoms with Crippen LogP contribution in [0.4, 0.5) is 0 Å². The SMILES string of the molecule is CCCc1cc(=O)[nH]c(-c2cc(C)nc(C)c2)n1. The van der Waals surface area contributed by atoms with Crippen molar-refractivity contribution in [3.63, 3.8) is 0 Å². The van der Waals surface area contributed by atoms with Gasteiger partial charge in [-0.3, -0.25) is 9.78 Å². The van der Waals surface area contributed by atoms with Crippen molar-refractivity contribution >= 4 is 0 Å². The minimum Gasteiger partial charge on any atom is -0.307 e. The van der Waals surface area contributed by atoms with Crippen LogP contribution in [0.3, 0.4) is 0 Å². The van der Waals surface area contributed by atoms with Gasteiger partial charge in [-0.25, -0.2) is 4.98 Å². The first kappa shape index (κ1) is 12.5. The fourth-order valence-corrected chi connectivity index (χ4v) is 2.00. The third-order valence-corrected chi connectivity index (χ3v) is 2.66. The molecule has 4 nitrogen and oxygen atoms in total. The monoisotopic (exact) mass is 243 g/mol. The van der Waals surface area contributed by atoms with Crippen molar-refractivity contribution in [3.05, 3.63) is 45.6 Å². The number of aromatic amines is 1. The molecule has 18 heavy (non-hydrogen) atoms. The van der Waals surface area contributed by atoms with Crippen LogP contribution in [0.1, 0.15) is 30.4 Å². The van der Waals surface area contributed by atoms with Crippen LogP contribution in [0.25, 0.3) is 11.4 Å². The van der Waals surface area contributed by atoms with E-state index < -0.39 is 0 Å². The molecule has 94 valence electrons.